The van der Waals surface area contributed by atoms with Crippen molar-refractivity contribution in [1.29, 1.82) is 0 Å². The number of carbonyl (C=O) groups excluding carboxylic acids is 1. The molecule has 2 atom stereocenters. The number of halogens is 4. The van der Waals surface area contributed by atoms with E-state index in [0.29, 0.717) is 52.0 Å². The van der Waals surface area contributed by atoms with E-state index in [4.69, 9.17) is 5.73 Å². The van der Waals surface area contributed by atoms with Crippen molar-refractivity contribution in [2.24, 2.45) is 23.5 Å². The minimum Gasteiger partial charge on any atom is -0.391 e. The summed E-state index contributed by atoms with van der Waals surface area (Å²) in [6.45, 7) is 4.05. The van der Waals surface area contributed by atoms with Crippen LogP contribution < -0.4 is 16.0 Å². The fraction of sp³-hybridized carbons (Fsp3) is 0.773. The second-order valence-corrected chi connectivity index (χ2v) is 9.36. The second kappa shape index (κ2) is 11.5. The number of hydrogen-bond donors (Lipinski definition) is 3. The summed E-state index contributed by atoms with van der Waals surface area (Å²) < 4.78 is 54.1. The summed E-state index contributed by atoms with van der Waals surface area (Å²) in [5, 5.41) is 13.4. The summed E-state index contributed by atoms with van der Waals surface area (Å²) in [4.78, 5) is 22.7. The summed E-state index contributed by atoms with van der Waals surface area (Å²) in [5.74, 6) is -2.27. The smallest absolute Gasteiger partial charge is 0.391 e. The van der Waals surface area contributed by atoms with Gasteiger partial charge >= 0.3 is 6.18 Å². The molecule has 1 saturated heterocycles. The number of amides is 1. The summed E-state index contributed by atoms with van der Waals surface area (Å²) in [6, 6.07) is 0. The monoisotopic (exact) mass is 490 g/mol. The molecular formula is C22H34F4N6O2. The van der Waals surface area contributed by atoms with Crippen molar-refractivity contribution in [3.05, 3.63) is 12.1 Å². The Morgan fingerprint density at radius 2 is 1.97 bits per heavy atom. The lowest BCUT2D eigenvalue weighted by molar-refractivity contribution is -0.183. The fourth-order valence-electron chi connectivity index (χ4n) is 4.93. The predicted octanol–water partition coefficient (Wildman–Crippen LogP) is 2.39. The SMILES string of the molecule is CCN(CC1CCC(C(F)(F)F)CC1)c1ncnc(NC[C@@H]2CCN(CC(N)=O)C[C@H]2O)c1F. The van der Waals surface area contributed by atoms with E-state index in [9.17, 15) is 23.1 Å². The molecule has 1 saturated carbocycles. The number of nitrogens with zero attached hydrogens (tertiary/aromatic N) is 4. The van der Waals surface area contributed by atoms with Gasteiger partial charge < -0.3 is 21.1 Å². The Hall–Kier alpha value is -2.21. The number of nitrogens with one attached hydrogen (secondary N) is 1. The molecule has 8 nitrogen and oxygen atoms in total. The van der Waals surface area contributed by atoms with E-state index in [1.165, 1.54) is 6.33 Å². The zero-order valence-electron chi connectivity index (χ0n) is 19.4. The van der Waals surface area contributed by atoms with Gasteiger partial charge in [-0.05, 0) is 51.5 Å². The van der Waals surface area contributed by atoms with Crippen LogP contribution >= 0.6 is 0 Å². The van der Waals surface area contributed by atoms with Gasteiger partial charge in [0.05, 0.1) is 18.6 Å². The third-order valence-corrected chi connectivity index (χ3v) is 6.96. The van der Waals surface area contributed by atoms with Crippen LogP contribution in [0.25, 0.3) is 0 Å². The first-order valence-corrected chi connectivity index (χ1v) is 11.8. The minimum absolute atomic E-state index is 0.0241. The highest BCUT2D eigenvalue weighted by Crippen LogP contribution is 2.40. The molecule has 4 N–H and O–H groups in total. The molecule has 2 heterocycles. The molecule has 1 amide bonds. The average molecular weight is 491 g/mol. The van der Waals surface area contributed by atoms with Crippen molar-refractivity contribution in [2.75, 3.05) is 49.5 Å². The lowest BCUT2D eigenvalue weighted by Gasteiger charge is -2.35. The Morgan fingerprint density at radius 1 is 1.26 bits per heavy atom. The highest BCUT2D eigenvalue weighted by Gasteiger charge is 2.41. The van der Waals surface area contributed by atoms with Gasteiger partial charge in [0.2, 0.25) is 11.7 Å². The topological polar surface area (TPSA) is 108 Å². The van der Waals surface area contributed by atoms with Gasteiger partial charge in [-0.25, -0.2) is 9.97 Å². The van der Waals surface area contributed by atoms with Gasteiger partial charge in [-0.15, -0.1) is 0 Å². The average Bonchev–Trinajstić information content (AvgIpc) is 2.77. The van der Waals surface area contributed by atoms with Gasteiger partial charge in [0.1, 0.15) is 6.33 Å². The largest absolute Gasteiger partial charge is 0.391 e. The van der Waals surface area contributed by atoms with Crippen LogP contribution in [0, 0.1) is 23.6 Å². The number of rotatable bonds is 9. The normalized spacial score (nSPS) is 26.3. The molecule has 0 aromatic carbocycles. The zero-order chi connectivity index (χ0) is 24.9. The van der Waals surface area contributed by atoms with Crippen molar-refractivity contribution in [2.45, 2.75) is 51.3 Å². The molecule has 192 valence electrons. The molecule has 1 aliphatic heterocycles. The molecular weight excluding hydrogens is 456 g/mol. The lowest BCUT2D eigenvalue weighted by atomic mass is 9.81. The third-order valence-electron chi connectivity index (χ3n) is 6.96. The van der Waals surface area contributed by atoms with Gasteiger partial charge in [-0.3, -0.25) is 9.69 Å². The van der Waals surface area contributed by atoms with Crippen LogP contribution in [-0.4, -0.2) is 77.4 Å². The zero-order valence-corrected chi connectivity index (χ0v) is 19.4. The van der Waals surface area contributed by atoms with Crippen LogP contribution in [0.4, 0.5) is 29.2 Å². The number of carbonyl (C=O) groups is 1. The van der Waals surface area contributed by atoms with Crippen LogP contribution in [0.5, 0.6) is 0 Å². The van der Waals surface area contributed by atoms with Gasteiger partial charge in [0.15, 0.2) is 11.6 Å². The van der Waals surface area contributed by atoms with E-state index in [0.717, 1.165) is 0 Å². The molecule has 1 aliphatic carbocycles. The molecule has 12 heteroatoms. The van der Waals surface area contributed by atoms with Crippen LogP contribution in [-0.2, 0) is 4.79 Å². The Labute approximate surface area is 196 Å². The molecule has 2 fully saturated rings. The van der Waals surface area contributed by atoms with Crippen molar-refractivity contribution < 1.29 is 27.5 Å². The number of piperidine rings is 1. The van der Waals surface area contributed by atoms with E-state index < -0.39 is 29.9 Å². The fourth-order valence-corrected chi connectivity index (χ4v) is 4.93. The minimum atomic E-state index is -4.15. The highest BCUT2D eigenvalue weighted by atomic mass is 19.4. The maximum absolute atomic E-state index is 15.2. The Bertz CT molecular complexity index is 819. The summed E-state index contributed by atoms with van der Waals surface area (Å²) in [7, 11) is 0. The number of primary amides is 1. The molecule has 1 aromatic heterocycles. The number of aromatic nitrogens is 2. The number of nitrogens with two attached hydrogens (primary N) is 1. The number of aliphatic hydroxyl groups is 1. The summed E-state index contributed by atoms with van der Waals surface area (Å²) in [6.07, 6.45) is -1.87. The molecule has 0 unspecified atom stereocenters. The summed E-state index contributed by atoms with van der Waals surface area (Å²) >= 11 is 0. The maximum Gasteiger partial charge on any atom is 0.391 e. The number of aliphatic hydroxyl groups excluding tert-OH is 1. The third kappa shape index (κ3) is 6.91. The lowest BCUT2D eigenvalue weighted by Crippen LogP contribution is -2.48. The van der Waals surface area contributed by atoms with Crippen molar-refractivity contribution in [3.63, 3.8) is 0 Å². The van der Waals surface area contributed by atoms with Crippen molar-refractivity contribution in [3.8, 4) is 0 Å². The Balaban J connectivity index is 1.57. The molecule has 3 rings (SSSR count). The Morgan fingerprint density at radius 3 is 2.56 bits per heavy atom. The van der Waals surface area contributed by atoms with Crippen molar-refractivity contribution in [1.82, 2.24) is 14.9 Å². The van der Waals surface area contributed by atoms with E-state index in [1.807, 2.05) is 6.92 Å². The molecule has 1 aromatic rings. The molecule has 34 heavy (non-hydrogen) atoms. The van der Waals surface area contributed by atoms with Crippen LogP contribution in [0.2, 0.25) is 0 Å². The number of anilines is 2. The van der Waals surface area contributed by atoms with Crippen LogP contribution in [0.1, 0.15) is 39.0 Å². The van der Waals surface area contributed by atoms with Gasteiger partial charge in [-0.1, -0.05) is 0 Å². The maximum atomic E-state index is 15.2. The quantitative estimate of drug-likeness (QED) is 0.456. The number of alkyl halides is 3. The van der Waals surface area contributed by atoms with Gasteiger partial charge in [0.25, 0.3) is 0 Å². The molecule has 0 bridgehead atoms. The van der Waals surface area contributed by atoms with Gasteiger partial charge in [0, 0.05) is 32.1 Å². The first-order chi connectivity index (χ1) is 16.1. The predicted molar refractivity (Wildman–Crippen MR) is 120 cm³/mol. The Kier molecular flexibility index (Phi) is 8.91. The molecule has 0 spiro atoms. The molecule has 2 aliphatic rings. The first-order valence-electron chi connectivity index (χ1n) is 11.8. The van der Waals surface area contributed by atoms with Crippen LogP contribution in [0.3, 0.4) is 0 Å². The highest BCUT2D eigenvalue weighted by molar-refractivity contribution is 5.75. The number of β-amino-alcohol motifs (C(OH)–C–C–N with tert-alkyl or cyclic N) is 1. The standard InChI is InChI=1S/C22H34F4N6O2/c1-2-32(10-14-3-5-16(6-4-14)22(24,25)26)21-19(23)20(29-13-30-21)28-9-15-7-8-31(11-17(15)33)12-18(27)34/h13-17,33H,2-12H2,1H3,(H2,27,34)(H,28,29,30)/t14?,15-,16?,17+/m0/s1. The van der Waals surface area contributed by atoms with E-state index >= 15 is 4.39 Å². The number of likely N-dealkylation sites (tertiary alicyclic amines) is 1. The number of hydrogen-bond acceptors (Lipinski definition) is 7. The first kappa shape index (κ1) is 26.4. The van der Waals surface area contributed by atoms with Crippen molar-refractivity contribution >= 4 is 17.5 Å². The van der Waals surface area contributed by atoms with E-state index in [2.05, 4.69) is 15.3 Å². The van der Waals surface area contributed by atoms with E-state index in [-0.39, 0.29) is 42.9 Å². The second-order valence-electron chi connectivity index (χ2n) is 9.36. The van der Waals surface area contributed by atoms with E-state index in [1.54, 1.807) is 9.80 Å². The van der Waals surface area contributed by atoms with Gasteiger partial charge in [-0.2, -0.15) is 17.6 Å². The van der Waals surface area contributed by atoms with Crippen LogP contribution in [0.15, 0.2) is 6.33 Å². The molecule has 0 radical (unpaired) electrons. The summed E-state index contributed by atoms with van der Waals surface area (Å²) in [5.41, 5.74) is 5.21.